The SMILES string of the molecule is CCC(C)c1ccc2nc(N(Cc3ccccc3)C(=O)CCCc3c[nH]c4ccccc34)sc2c1. The smallest absolute Gasteiger partial charge is 0.229 e. The molecule has 1 N–H and O–H groups in total. The highest BCUT2D eigenvalue weighted by Gasteiger charge is 2.20. The number of amides is 1. The number of aromatic nitrogens is 2. The number of aromatic amines is 1. The van der Waals surface area contributed by atoms with E-state index >= 15 is 0 Å². The van der Waals surface area contributed by atoms with Crippen molar-refractivity contribution in [1.82, 2.24) is 9.97 Å². The number of hydrogen-bond acceptors (Lipinski definition) is 3. The first-order valence-corrected chi connectivity index (χ1v) is 13.2. The van der Waals surface area contributed by atoms with Gasteiger partial charge in [-0.25, -0.2) is 4.98 Å². The Balaban J connectivity index is 1.37. The van der Waals surface area contributed by atoms with Crippen molar-refractivity contribution < 1.29 is 4.79 Å². The lowest BCUT2D eigenvalue weighted by Gasteiger charge is -2.20. The summed E-state index contributed by atoms with van der Waals surface area (Å²) in [7, 11) is 0. The minimum Gasteiger partial charge on any atom is -0.361 e. The second kappa shape index (κ2) is 10.4. The lowest BCUT2D eigenvalue weighted by atomic mass is 9.99. The summed E-state index contributed by atoms with van der Waals surface area (Å²) in [6, 6.07) is 25.0. The molecule has 0 bridgehead atoms. The summed E-state index contributed by atoms with van der Waals surface area (Å²) in [6.45, 7) is 5.00. The standard InChI is InChI=1S/C30H31N3OS/c1-3-21(2)23-16-17-27-28(18-23)35-30(32-27)33(20-22-10-5-4-6-11-22)29(34)15-9-12-24-19-31-26-14-8-7-13-25(24)26/h4-8,10-11,13-14,16-19,21,31H,3,9,12,15,20H2,1-2H3. The van der Waals surface area contributed by atoms with Gasteiger partial charge in [0.1, 0.15) is 0 Å². The van der Waals surface area contributed by atoms with Gasteiger partial charge in [0.25, 0.3) is 0 Å². The number of thiazole rings is 1. The fraction of sp³-hybridized carbons (Fsp3) is 0.267. The molecule has 178 valence electrons. The summed E-state index contributed by atoms with van der Waals surface area (Å²) in [5.41, 5.74) is 5.81. The number of para-hydroxylation sites is 1. The van der Waals surface area contributed by atoms with Crippen molar-refractivity contribution >= 4 is 43.5 Å². The number of nitrogens with zero attached hydrogens (tertiary/aromatic N) is 2. The Labute approximate surface area is 210 Å². The van der Waals surface area contributed by atoms with Crippen LogP contribution in [-0.2, 0) is 17.8 Å². The van der Waals surface area contributed by atoms with Crippen molar-refractivity contribution in [2.24, 2.45) is 0 Å². The first-order valence-electron chi connectivity index (χ1n) is 12.4. The fourth-order valence-electron chi connectivity index (χ4n) is 4.52. The first-order chi connectivity index (χ1) is 17.1. The molecule has 0 saturated carbocycles. The van der Waals surface area contributed by atoms with Crippen LogP contribution in [0.2, 0.25) is 0 Å². The third-order valence-corrected chi connectivity index (χ3v) is 7.85. The number of carbonyl (C=O) groups excluding carboxylic acids is 1. The number of H-pyrrole nitrogens is 1. The third kappa shape index (κ3) is 5.15. The van der Waals surface area contributed by atoms with E-state index in [9.17, 15) is 4.79 Å². The van der Waals surface area contributed by atoms with E-state index in [-0.39, 0.29) is 5.91 Å². The molecule has 3 aromatic carbocycles. The molecular formula is C30H31N3OS. The predicted molar refractivity (Wildman–Crippen MR) is 147 cm³/mol. The Kier molecular flexibility index (Phi) is 6.96. The van der Waals surface area contributed by atoms with Crippen LogP contribution >= 0.6 is 11.3 Å². The number of nitrogens with one attached hydrogen (secondary N) is 1. The van der Waals surface area contributed by atoms with E-state index in [0.29, 0.717) is 18.9 Å². The normalized spacial score (nSPS) is 12.3. The van der Waals surface area contributed by atoms with Crippen molar-refractivity contribution in [1.29, 1.82) is 0 Å². The van der Waals surface area contributed by atoms with Gasteiger partial charge in [0.05, 0.1) is 16.8 Å². The molecular weight excluding hydrogens is 450 g/mol. The summed E-state index contributed by atoms with van der Waals surface area (Å²) < 4.78 is 1.14. The summed E-state index contributed by atoms with van der Waals surface area (Å²) in [6.07, 6.45) is 5.33. The van der Waals surface area contributed by atoms with Gasteiger partial charge in [0.15, 0.2) is 5.13 Å². The number of fused-ring (bicyclic) bond motifs is 2. The largest absolute Gasteiger partial charge is 0.361 e. The number of anilines is 1. The van der Waals surface area contributed by atoms with Crippen LogP contribution in [0.15, 0.2) is 79.0 Å². The third-order valence-electron chi connectivity index (χ3n) is 6.81. The van der Waals surface area contributed by atoms with Crippen molar-refractivity contribution in [3.05, 3.63) is 95.7 Å². The van der Waals surface area contributed by atoms with Crippen molar-refractivity contribution in [3.8, 4) is 0 Å². The highest BCUT2D eigenvalue weighted by Crippen LogP contribution is 2.33. The summed E-state index contributed by atoms with van der Waals surface area (Å²) >= 11 is 1.62. The second-order valence-corrected chi connectivity index (χ2v) is 10.2. The zero-order valence-corrected chi connectivity index (χ0v) is 21.1. The molecule has 0 aliphatic carbocycles. The molecule has 1 unspecified atom stereocenters. The number of aryl methyl sites for hydroxylation is 1. The number of rotatable bonds is 9. The van der Waals surface area contributed by atoms with E-state index in [1.54, 1.807) is 11.3 Å². The molecule has 1 amide bonds. The topological polar surface area (TPSA) is 49.0 Å². The van der Waals surface area contributed by atoms with Crippen LogP contribution in [0.1, 0.15) is 55.7 Å². The van der Waals surface area contributed by atoms with Gasteiger partial charge in [-0.15, -0.1) is 0 Å². The maximum Gasteiger partial charge on any atom is 0.229 e. The van der Waals surface area contributed by atoms with Crippen molar-refractivity contribution in [2.45, 2.75) is 52.0 Å². The minimum atomic E-state index is 0.120. The van der Waals surface area contributed by atoms with Crippen LogP contribution in [0.5, 0.6) is 0 Å². The van der Waals surface area contributed by atoms with E-state index in [4.69, 9.17) is 4.98 Å². The van der Waals surface area contributed by atoms with Crippen LogP contribution in [0.3, 0.4) is 0 Å². The van der Waals surface area contributed by atoms with Gasteiger partial charge in [-0.2, -0.15) is 0 Å². The number of hydrogen-bond donors (Lipinski definition) is 1. The van der Waals surface area contributed by atoms with E-state index in [2.05, 4.69) is 73.6 Å². The number of carbonyl (C=O) groups is 1. The van der Waals surface area contributed by atoms with E-state index in [1.165, 1.54) is 16.5 Å². The summed E-state index contributed by atoms with van der Waals surface area (Å²) in [5, 5.41) is 2.02. The van der Waals surface area contributed by atoms with Crippen molar-refractivity contribution in [2.75, 3.05) is 4.90 Å². The first kappa shape index (κ1) is 23.3. The molecule has 0 fully saturated rings. The Morgan fingerprint density at radius 2 is 1.86 bits per heavy atom. The second-order valence-electron chi connectivity index (χ2n) is 9.21. The molecule has 0 spiro atoms. The van der Waals surface area contributed by atoms with Gasteiger partial charge in [0.2, 0.25) is 5.91 Å². The van der Waals surface area contributed by atoms with Gasteiger partial charge in [-0.05, 0) is 60.1 Å². The Morgan fingerprint density at radius 1 is 1.06 bits per heavy atom. The van der Waals surface area contributed by atoms with Crippen LogP contribution in [0.4, 0.5) is 5.13 Å². The zero-order chi connectivity index (χ0) is 24.2. The molecule has 0 aliphatic rings. The molecule has 0 saturated heterocycles. The summed E-state index contributed by atoms with van der Waals surface area (Å²) in [4.78, 5) is 23.6. The molecule has 5 rings (SSSR count). The molecule has 2 heterocycles. The van der Waals surface area contributed by atoms with Gasteiger partial charge in [-0.3, -0.25) is 9.69 Å². The average molecular weight is 482 g/mol. The maximum absolute atomic E-state index is 13.5. The van der Waals surface area contributed by atoms with Gasteiger partial charge in [0, 0.05) is 23.5 Å². The van der Waals surface area contributed by atoms with E-state index < -0.39 is 0 Å². The molecule has 5 aromatic rings. The van der Waals surface area contributed by atoms with E-state index in [1.807, 2.05) is 29.2 Å². The summed E-state index contributed by atoms with van der Waals surface area (Å²) in [5.74, 6) is 0.631. The quantitative estimate of drug-likeness (QED) is 0.233. The molecule has 1 atom stereocenters. The van der Waals surface area contributed by atoms with Crippen LogP contribution in [-0.4, -0.2) is 15.9 Å². The molecule has 5 heteroatoms. The Morgan fingerprint density at radius 3 is 2.69 bits per heavy atom. The lowest BCUT2D eigenvalue weighted by Crippen LogP contribution is -2.30. The Hall–Kier alpha value is -3.44. The van der Waals surface area contributed by atoms with Gasteiger partial charge < -0.3 is 4.98 Å². The molecule has 35 heavy (non-hydrogen) atoms. The maximum atomic E-state index is 13.5. The van der Waals surface area contributed by atoms with Gasteiger partial charge >= 0.3 is 0 Å². The number of benzene rings is 3. The van der Waals surface area contributed by atoms with Gasteiger partial charge in [-0.1, -0.05) is 79.8 Å². The van der Waals surface area contributed by atoms with Crippen LogP contribution in [0.25, 0.3) is 21.1 Å². The highest BCUT2D eigenvalue weighted by molar-refractivity contribution is 7.22. The average Bonchev–Trinajstić information content (AvgIpc) is 3.51. The molecule has 4 nitrogen and oxygen atoms in total. The molecule has 0 radical (unpaired) electrons. The molecule has 0 aliphatic heterocycles. The lowest BCUT2D eigenvalue weighted by molar-refractivity contribution is -0.118. The minimum absolute atomic E-state index is 0.120. The van der Waals surface area contributed by atoms with Crippen molar-refractivity contribution in [3.63, 3.8) is 0 Å². The Bertz CT molecular complexity index is 1440. The van der Waals surface area contributed by atoms with E-state index in [0.717, 1.165) is 45.7 Å². The van der Waals surface area contributed by atoms with Crippen LogP contribution < -0.4 is 4.90 Å². The predicted octanol–water partition coefficient (Wildman–Crippen LogP) is 7.85. The fourth-order valence-corrected chi connectivity index (χ4v) is 5.55. The zero-order valence-electron chi connectivity index (χ0n) is 20.3. The highest BCUT2D eigenvalue weighted by atomic mass is 32.1. The molecule has 2 aromatic heterocycles. The monoisotopic (exact) mass is 481 g/mol. The van der Waals surface area contributed by atoms with Crippen LogP contribution in [0, 0.1) is 0 Å².